The minimum Gasteiger partial charge on any atom is -0.497 e. The Bertz CT molecular complexity index is 1420. The van der Waals surface area contributed by atoms with Crippen LogP contribution in [-0.4, -0.2) is 13.0 Å². The third kappa shape index (κ3) is 6.40. The van der Waals surface area contributed by atoms with Gasteiger partial charge >= 0.3 is 0 Å². The van der Waals surface area contributed by atoms with Gasteiger partial charge in [-0.3, -0.25) is 4.79 Å². The molecule has 0 aromatic heterocycles. The maximum absolute atomic E-state index is 12.5. The zero-order valence-electron chi connectivity index (χ0n) is 19.1. The van der Waals surface area contributed by atoms with Gasteiger partial charge in [0.1, 0.15) is 29.7 Å². The maximum atomic E-state index is 12.5. The van der Waals surface area contributed by atoms with E-state index in [1.54, 1.807) is 13.2 Å². The van der Waals surface area contributed by atoms with Crippen molar-refractivity contribution in [3.05, 3.63) is 111 Å². The summed E-state index contributed by atoms with van der Waals surface area (Å²) in [4.78, 5) is 12.5. The van der Waals surface area contributed by atoms with Crippen LogP contribution in [0.15, 0.2) is 90.5 Å². The monoisotopic (exact) mass is 574 g/mol. The largest absolute Gasteiger partial charge is 0.497 e. The second-order valence-corrected chi connectivity index (χ2v) is 9.02. The highest BCUT2D eigenvalue weighted by Gasteiger charge is 2.10. The predicted octanol–water partition coefficient (Wildman–Crippen LogP) is 6.26. The summed E-state index contributed by atoms with van der Waals surface area (Å²) < 4.78 is 12.1. The molecule has 5 nitrogen and oxygen atoms in total. The second kappa shape index (κ2) is 11.5. The molecule has 0 unspecified atom stereocenters. The zero-order valence-corrected chi connectivity index (χ0v) is 21.3. The summed E-state index contributed by atoms with van der Waals surface area (Å²) >= 11 is 2.20. The number of hydrogen-bond donors (Lipinski definition) is 1. The highest BCUT2D eigenvalue weighted by atomic mass is 127. The van der Waals surface area contributed by atoms with Gasteiger partial charge in [-0.1, -0.05) is 54.6 Å². The van der Waals surface area contributed by atoms with Crippen LogP contribution < -0.4 is 14.8 Å². The molecule has 4 aromatic rings. The Morgan fingerprint density at radius 3 is 2.43 bits per heavy atom. The zero-order chi connectivity index (χ0) is 24.6. The van der Waals surface area contributed by atoms with E-state index < -0.39 is 5.91 Å². The van der Waals surface area contributed by atoms with Crippen LogP contribution in [0.3, 0.4) is 0 Å². The Hall–Kier alpha value is -3.83. The average Bonchev–Trinajstić information content (AvgIpc) is 2.90. The van der Waals surface area contributed by atoms with Crippen LogP contribution in [0.5, 0.6) is 11.5 Å². The van der Waals surface area contributed by atoms with Gasteiger partial charge in [0.15, 0.2) is 0 Å². The lowest BCUT2D eigenvalue weighted by atomic mass is 10.1. The number of carbonyl (C=O) groups excluding carboxylic acids is 1. The average molecular weight is 574 g/mol. The van der Waals surface area contributed by atoms with E-state index in [0.717, 1.165) is 31.8 Å². The van der Waals surface area contributed by atoms with E-state index in [0.29, 0.717) is 13.2 Å². The minimum absolute atomic E-state index is 0.0409. The molecule has 174 valence electrons. The smallest absolute Gasteiger partial charge is 0.262 e. The molecule has 1 N–H and O–H groups in total. The van der Waals surface area contributed by atoms with Gasteiger partial charge in [-0.15, -0.1) is 0 Å². The van der Waals surface area contributed by atoms with Crippen LogP contribution in [0.4, 0.5) is 0 Å². The minimum atomic E-state index is -0.421. The van der Waals surface area contributed by atoms with Crippen molar-refractivity contribution < 1.29 is 14.3 Å². The summed E-state index contributed by atoms with van der Waals surface area (Å²) in [5.41, 5.74) is 2.80. The second-order valence-electron chi connectivity index (χ2n) is 7.86. The molecule has 0 spiro atoms. The molecule has 4 aromatic carbocycles. The van der Waals surface area contributed by atoms with E-state index in [2.05, 4.69) is 58.2 Å². The van der Waals surface area contributed by atoms with Crippen molar-refractivity contribution in [1.29, 1.82) is 5.26 Å². The molecule has 6 heteroatoms. The normalized spacial score (nSPS) is 11.1. The van der Waals surface area contributed by atoms with E-state index in [1.165, 1.54) is 10.8 Å². The highest BCUT2D eigenvalue weighted by molar-refractivity contribution is 14.1. The fourth-order valence-corrected chi connectivity index (χ4v) is 4.24. The standard InChI is InChI=1S/C29H23IN2O3/c1-34-26-11-7-20(8-12-26)18-32-29(33)25(17-31)14-21-9-13-28(27(30)16-21)35-19-22-6-10-23-4-2-3-5-24(23)15-22/h2-16H,18-19H2,1H3,(H,32,33)/b25-14-. The van der Waals surface area contributed by atoms with E-state index >= 15 is 0 Å². The van der Waals surface area contributed by atoms with Crippen molar-refractivity contribution in [2.75, 3.05) is 7.11 Å². The lowest BCUT2D eigenvalue weighted by Crippen LogP contribution is -2.23. The quantitative estimate of drug-likeness (QED) is 0.153. The van der Waals surface area contributed by atoms with Crippen LogP contribution in [-0.2, 0) is 17.9 Å². The van der Waals surface area contributed by atoms with Crippen molar-refractivity contribution in [2.45, 2.75) is 13.2 Å². The number of benzene rings is 4. The number of amides is 1. The molecule has 0 aliphatic carbocycles. The van der Waals surface area contributed by atoms with Gasteiger partial charge in [0.05, 0.1) is 10.7 Å². The Balaban J connectivity index is 1.39. The van der Waals surface area contributed by atoms with Crippen LogP contribution in [0, 0.1) is 14.9 Å². The molecule has 0 aliphatic heterocycles. The first-order chi connectivity index (χ1) is 17.1. The van der Waals surface area contributed by atoms with E-state index in [4.69, 9.17) is 9.47 Å². The number of hydrogen-bond acceptors (Lipinski definition) is 4. The summed E-state index contributed by atoms with van der Waals surface area (Å²) in [6.07, 6.45) is 1.58. The van der Waals surface area contributed by atoms with Crippen LogP contribution >= 0.6 is 22.6 Å². The molecule has 0 saturated heterocycles. The SMILES string of the molecule is COc1ccc(CNC(=O)/C(C#N)=C\c2ccc(OCc3ccc4ccccc4c3)c(I)c2)cc1. The van der Waals surface area contributed by atoms with Gasteiger partial charge in [0.25, 0.3) is 5.91 Å². The van der Waals surface area contributed by atoms with Crippen LogP contribution in [0.25, 0.3) is 16.8 Å². The lowest BCUT2D eigenvalue weighted by molar-refractivity contribution is -0.117. The van der Waals surface area contributed by atoms with Gasteiger partial charge < -0.3 is 14.8 Å². The fraction of sp³-hybridized carbons (Fsp3) is 0.103. The predicted molar refractivity (Wildman–Crippen MR) is 146 cm³/mol. The lowest BCUT2D eigenvalue weighted by Gasteiger charge is -2.10. The van der Waals surface area contributed by atoms with E-state index in [-0.39, 0.29) is 5.57 Å². The number of carbonyl (C=O) groups is 1. The van der Waals surface area contributed by atoms with Gasteiger partial charge in [0.2, 0.25) is 0 Å². The molecule has 0 bridgehead atoms. The Labute approximate surface area is 218 Å². The number of rotatable bonds is 8. The summed E-state index contributed by atoms with van der Waals surface area (Å²) in [5, 5.41) is 14.7. The number of halogens is 1. The summed E-state index contributed by atoms with van der Waals surface area (Å²) in [6, 6.07) is 29.5. The number of nitrogens with zero attached hydrogens (tertiary/aromatic N) is 1. The van der Waals surface area contributed by atoms with Crippen molar-refractivity contribution in [1.82, 2.24) is 5.32 Å². The Morgan fingerprint density at radius 1 is 0.971 bits per heavy atom. The molecule has 1 amide bonds. The van der Waals surface area contributed by atoms with E-state index in [1.807, 2.05) is 60.7 Å². The molecular weight excluding hydrogens is 551 g/mol. The Morgan fingerprint density at radius 2 is 1.71 bits per heavy atom. The Kier molecular flexibility index (Phi) is 8.01. The van der Waals surface area contributed by atoms with Crippen LogP contribution in [0.2, 0.25) is 0 Å². The first kappa shape index (κ1) is 24.3. The molecular formula is C29H23IN2O3. The summed E-state index contributed by atoms with van der Waals surface area (Å²) in [7, 11) is 1.60. The molecule has 4 rings (SSSR count). The third-order valence-corrected chi connectivity index (χ3v) is 6.30. The van der Waals surface area contributed by atoms with Gasteiger partial charge in [-0.25, -0.2) is 0 Å². The molecule has 0 atom stereocenters. The number of methoxy groups -OCH3 is 1. The van der Waals surface area contributed by atoms with Crippen molar-refractivity contribution in [3.8, 4) is 17.6 Å². The maximum Gasteiger partial charge on any atom is 0.262 e. The number of ether oxygens (including phenoxy) is 2. The van der Waals surface area contributed by atoms with Crippen LogP contribution in [0.1, 0.15) is 16.7 Å². The topological polar surface area (TPSA) is 71.3 Å². The van der Waals surface area contributed by atoms with Gasteiger partial charge in [-0.05, 0) is 86.5 Å². The number of fused-ring (bicyclic) bond motifs is 1. The van der Waals surface area contributed by atoms with Crippen molar-refractivity contribution >= 4 is 45.3 Å². The number of nitrogens with one attached hydrogen (secondary N) is 1. The molecule has 0 radical (unpaired) electrons. The van der Waals surface area contributed by atoms with E-state index in [9.17, 15) is 10.1 Å². The van der Waals surface area contributed by atoms with Crippen molar-refractivity contribution in [2.24, 2.45) is 0 Å². The third-order valence-electron chi connectivity index (χ3n) is 5.45. The molecule has 35 heavy (non-hydrogen) atoms. The van der Waals surface area contributed by atoms with Gasteiger partial charge in [0, 0.05) is 6.54 Å². The molecule has 0 aliphatic rings. The van der Waals surface area contributed by atoms with Gasteiger partial charge in [-0.2, -0.15) is 5.26 Å². The highest BCUT2D eigenvalue weighted by Crippen LogP contribution is 2.25. The fourth-order valence-electron chi connectivity index (χ4n) is 3.55. The molecule has 0 saturated carbocycles. The molecule has 0 fully saturated rings. The number of nitriles is 1. The summed E-state index contributed by atoms with van der Waals surface area (Å²) in [5.74, 6) is 1.07. The first-order valence-corrected chi connectivity index (χ1v) is 12.1. The summed E-state index contributed by atoms with van der Waals surface area (Å²) in [6.45, 7) is 0.772. The van der Waals surface area contributed by atoms with Crippen molar-refractivity contribution in [3.63, 3.8) is 0 Å². The first-order valence-electron chi connectivity index (χ1n) is 11.0. The molecule has 0 heterocycles.